The molecule has 6 rings (SSSR count). The molecule has 0 spiro atoms. The van der Waals surface area contributed by atoms with Crippen LogP contribution in [0.1, 0.15) is 31.4 Å². The van der Waals surface area contributed by atoms with Gasteiger partial charge in [-0.1, -0.05) is 35.1 Å². The van der Waals surface area contributed by atoms with Gasteiger partial charge in [-0.2, -0.15) is 5.10 Å². The predicted octanol–water partition coefficient (Wildman–Crippen LogP) is 2.59. The number of para-hydroxylation sites is 1. The maximum atomic E-state index is 13.3. The maximum absolute atomic E-state index is 13.3. The van der Waals surface area contributed by atoms with Gasteiger partial charge in [-0.3, -0.25) is 14.4 Å². The van der Waals surface area contributed by atoms with E-state index in [0.29, 0.717) is 5.03 Å². The molecule has 0 radical (unpaired) electrons. The van der Waals surface area contributed by atoms with E-state index in [1.165, 1.54) is 39.8 Å². The van der Waals surface area contributed by atoms with Crippen LogP contribution < -0.4 is 11.1 Å². The number of anilines is 1. The van der Waals surface area contributed by atoms with Crippen molar-refractivity contribution < 1.29 is 24.3 Å². The van der Waals surface area contributed by atoms with Gasteiger partial charge in [0.2, 0.25) is 5.91 Å². The Balaban J connectivity index is 1.16. The number of thioether (sulfide) groups is 2. The minimum absolute atomic E-state index is 0.00972. The number of fused-ring (bicyclic) bond motifs is 1. The lowest BCUT2D eigenvalue weighted by atomic mass is 10.0. The second-order valence-electron chi connectivity index (χ2n) is 9.96. The number of β-lactam (4-membered cyclic amide) rings is 1. The molecule has 1 aliphatic carbocycles. The molecule has 41 heavy (non-hydrogen) atoms. The Bertz CT molecular complexity index is 1490. The Kier molecular flexibility index (Phi) is 7.66. The monoisotopic (exact) mass is 613 g/mol. The minimum atomic E-state index is -1.29. The number of carboxylic acids is 1. The van der Waals surface area contributed by atoms with Crippen LogP contribution in [0.2, 0.25) is 0 Å². The van der Waals surface area contributed by atoms with Gasteiger partial charge >= 0.3 is 5.97 Å². The third kappa shape index (κ3) is 5.40. The average molecular weight is 614 g/mol. The smallest absolute Gasteiger partial charge is 0.322 e. The fourth-order valence-electron chi connectivity index (χ4n) is 5.05. The van der Waals surface area contributed by atoms with Gasteiger partial charge in [0.1, 0.15) is 33.0 Å². The van der Waals surface area contributed by atoms with Crippen LogP contribution in [0, 0.1) is 0 Å². The molecule has 0 bridgehead atoms. The molecule has 15 heteroatoms. The van der Waals surface area contributed by atoms with Crippen molar-refractivity contribution in [1.82, 2.24) is 25.0 Å². The minimum Gasteiger partial charge on any atom is -0.480 e. The highest BCUT2D eigenvalue weighted by atomic mass is 32.2. The molecular weight excluding hydrogens is 587 g/mol. The Hall–Kier alpha value is -3.56. The lowest BCUT2D eigenvalue weighted by molar-refractivity contribution is -0.151. The molecule has 2 aliphatic heterocycles. The first kappa shape index (κ1) is 27.6. The number of amides is 2. The Morgan fingerprint density at radius 2 is 2.00 bits per heavy atom. The number of hydrogen-bond acceptors (Lipinski definition) is 11. The quantitative estimate of drug-likeness (QED) is 0.186. The molecule has 214 valence electrons. The van der Waals surface area contributed by atoms with Crippen molar-refractivity contribution in [1.29, 1.82) is 0 Å². The molecule has 3 aliphatic rings. The number of carbonyl (C=O) groups is 3. The molecule has 3 aromatic rings. The van der Waals surface area contributed by atoms with Gasteiger partial charge < -0.3 is 25.9 Å². The molecule has 2 aromatic heterocycles. The highest BCUT2D eigenvalue weighted by Crippen LogP contribution is 2.46. The number of rotatable bonds is 9. The lowest BCUT2D eigenvalue weighted by Crippen LogP contribution is -2.74. The largest absolute Gasteiger partial charge is 0.480 e. The van der Waals surface area contributed by atoms with Gasteiger partial charge in [0, 0.05) is 17.7 Å². The van der Waals surface area contributed by atoms with Gasteiger partial charge in [-0.25, -0.2) is 9.67 Å². The standard InChI is InChI=1S/C26H27N7O5S3/c27-25-29-17(12-39-25)19(31-38-16-8-4-5-9-16)21(34)30-20-22(35)32-13-26(24(36)37,14-40-23(20)32)41-18-10-11-28-33(18)15-6-2-1-3-7-15/h1-3,6-7,10-12,16,20,23H,4-5,8-9,13-14H2,(H2,27,29)(H,30,34)(H,36,37)/t20-,23-,26?/m1/s1. The van der Waals surface area contributed by atoms with E-state index in [1.807, 2.05) is 30.3 Å². The fourth-order valence-corrected chi connectivity index (χ4v) is 8.49. The molecule has 3 fully saturated rings. The summed E-state index contributed by atoms with van der Waals surface area (Å²) in [4.78, 5) is 50.5. The first-order valence-electron chi connectivity index (χ1n) is 13.0. The third-order valence-electron chi connectivity index (χ3n) is 7.21. The summed E-state index contributed by atoms with van der Waals surface area (Å²) in [6.45, 7) is -0.00972. The summed E-state index contributed by atoms with van der Waals surface area (Å²) >= 11 is 3.67. The maximum Gasteiger partial charge on any atom is 0.322 e. The number of oxime groups is 1. The summed E-state index contributed by atoms with van der Waals surface area (Å²) in [5.74, 6) is -1.74. The van der Waals surface area contributed by atoms with E-state index in [4.69, 9.17) is 10.6 Å². The van der Waals surface area contributed by atoms with Gasteiger partial charge in [-0.05, 0) is 43.9 Å². The summed E-state index contributed by atoms with van der Waals surface area (Å²) in [5, 5.41) is 23.7. The zero-order valence-electron chi connectivity index (χ0n) is 21.7. The number of aliphatic carboxylic acids is 1. The lowest BCUT2D eigenvalue weighted by Gasteiger charge is -2.53. The summed E-state index contributed by atoms with van der Waals surface area (Å²) in [6.07, 6.45) is 5.37. The van der Waals surface area contributed by atoms with E-state index in [9.17, 15) is 19.5 Å². The fraction of sp³-hybridized carbons (Fsp3) is 0.385. The van der Waals surface area contributed by atoms with Crippen LogP contribution in [0.3, 0.4) is 0 Å². The molecule has 3 atom stereocenters. The van der Waals surface area contributed by atoms with Crippen LogP contribution in [0.4, 0.5) is 5.13 Å². The van der Waals surface area contributed by atoms with Gasteiger partial charge in [0.25, 0.3) is 5.91 Å². The highest BCUT2D eigenvalue weighted by molar-refractivity contribution is 8.05. The van der Waals surface area contributed by atoms with E-state index < -0.39 is 28.0 Å². The number of nitrogens with zero attached hydrogens (tertiary/aromatic N) is 5. The van der Waals surface area contributed by atoms with E-state index in [0.717, 1.165) is 31.4 Å². The Labute approximate surface area is 247 Å². The number of thiazole rings is 1. The summed E-state index contributed by atoms with van der Waals surface area (Å²) < 4.78 is 0.394. The number of aromatic nitrogens is 3. The van der Waals surface area contributed by atoms with Crippen molar-refractivity contribution in [3.8, 4) is 5.69 Å². The number of nitrogens with one attached hydrogen (secondary N) is 1. The molecular formula is C26H27N7O5S3. The van der Waals surface area contributed by atoms with E-state index >= 15 is 0 Å². The Morgan fingerprint density at radius 1 is 1.22 bits per heavy atom. The molecule has 4 N–H and O–H groups in total. The second kappa shape index (κ2) is 11.4. The van der Waals surface area contributed by atoms with E-state index in [-0.39, 0.29) is 40.8 Å². The highest BCUT2D eigenvalue weighted by Gasteiger charge is 2.58. The Morgan fingerprint density at radius 3 is 2.71 bits per heavy atom. The van der Waals surface area contributed by atoms with E-state index in [2.05, 4.69) is 20.6 Å². The van der Waals surface area contributed by atoms with Crippen molar-refractivity contribution in [3.05, 3.63) is 53.7 Å². The molecule has 2 amide bonds. The number of carbonyl (C=O) groups excluding carboxylic acids is 2. The normalized spacial score (nSPS) is 24.5. The number of carboxylic acid groups (broad SMARTS) is 1. The number of nitrogens with two attached hydrogens (primary N) is 1. The molecule has 2 saturated heterocycles. The zero-order valence-corrected chi connectivity index (χ0v) is 24.2. The van der Waals surface area contributed by atoms with Crippen molar-refractivity contribution in [3.63, 3.8) is 0 Å². The number of nitrogen functional groups attached to an aromatic ring is 1. The molecule has 1 aromatic carbocycles. The summed E-state index contributed by atoms with van der Waals surface area (Å²) in [6, 6.07) is 10.4. The van der Waals surface area contributed by atoms with Gasteiger partial charge in [-0.15, -0.1) is 23.1 Å². The third-order valence-corrected chi connectivity index (χ3v) is 11.0. The average Bonchev–Trinajstić information content (AvgIpc) is 3.75. The van der Waals surface area contributed by atoms with Crippen molar-refractivity contribution in [2.24, 2.45) is 5.16 Å². The predicted molar refractivity (Wildman–Crippen MR) is 156 cm³/mol. The van der Waals surface area contributed by atoms with Crippen molar-refractivity contribution in [2.75, 3.05) is 18.0 Å². The number of hydrogen-bond donors (Lipinski definition) is 3. The topological polar surface area (TPSA) is 165 Å². The van der Waals surface area contributed by atoms with Crippen LogP contribution in [0.15, 0.2) is 58.2 Å². The molecule has 4 heterocycles. The summed E-state index contributed by atoms with van der Waals surface area (Å²) in [7, 11) is 0. The van der Waals surface area contributed by atoms with Gasteiger partial charge in [0.05, 0.1) is 11.9 Å². The van der Waals surface area contributed by atoms with Crippen LogP contribution in [-0.4, -0.2) is 82.8 Å². The van der Waals surface area contributed by atoms with Crippen LogP contribution in [0.5, 0.6) is 0 Å². The van der Waals surface area contributed by atoms with Crippen LogP contribution in [0.25, 0.3) is 5.69 Å². The first-order valence-corrected chi connectivity index (χ1v) is 15.8. The second-order valence-corrected chi connectivity index (χ2v) is 13.4. The van der Waals surface area contributed by atoms with Crippen molar-refractivity contribution >= 4 is 63.5 Å². The first-order chi connectivity index (χ1) is 19.8. The van der Waals surface area contributed by atoms with Crippen LogP contribution >= 0.6 is 34.9 Å². The van der Waals surface area contributed by atoms with Gasteiger partial charge in [0.15, 0.2) is 10.8 Å². The molecule has 1 saturated carbocycles. The number of benzene rings is 1. The SMILES string of the molecule is Nc1nc(C(=NOC2CCCC2)C(=O)N[C@@H]2C(=O)N3CC(Sc4ccnn4-c4ccccc4)(C(=O)O)CS[C@H]23)cs1. The molecule has 1 unspecified atom stereocenters. The zero-order chi connectivity index (χ0) is 28.6. The van der Waals surface area contributed by atoms with E-state index in [1.54, 1.807) is 22.3 Å². The molecule has 12 nitrogen and oxygen atoms in total. The van der Waals surface area contributed by atoms with Crippen molar-refractivity contribution in [2.45, 2.75) is 53.0 Å². The van der Waals surface area contributed by atoms with Crippen LogP contribution in [-0.2, 0) is 19.2 Å². The summed E-state index contributed by atoms with van der Waals surface area (Å²) in [5.41, 5.74) is 6.83.